The molecule has 0 bridgehead atoms. The van der Waals surface area contributed by atoms with Crippen LogP contribution in [0, 0.1) is 11.3 Å². The minimum atomic E-state index is 0.294. The predicted molar refractivity (Wildman–Crippen MR) is 69.7 cm³/mol. The smallest absolute Gasteiger partial charge is 0.216 e. The number of hydrogen-bond acceptors (Lipinski definition) is 4. The third kappa shape index (κ3) is 3.86. The number of rotatable bonds is 4. The van der Waals surface area contributed by atoms with Gasteiger partial charge in [0.2, 0.25) is 5.88 Å². The topological polar surface area (TPSA) is 49.1 Å². The molecule has 1 aromatic rings. The van der Waals surface area contributed by atoms with E-state index >= 15 is 0 Å². The first kappa shape index (κ1) is 13.1. The van der Waals surface area contributed by atoms with Crippen molar-refractivity contribution in [1.82, 2.24) is 9.88 Å². The second-order valence-corrected chi connectivity index (χ2v) is 4.77. The molecule has 1 fully saturated rings. The Balaban J connectivity index is 1.82. The molecule has 1 saturated heterocycles. The zero-order chi connectivity index (χ0) is 12.8. The van der Waals surface area contributed by atoms with Gasteiger partial charge < -0.3 is 4.74 Å². The summed E-state index contributed by atoms with van der Waals surface area (Å²) in [5, 5.41) is 9.11. The summed E-state index contributed by atoms with van der Waals surface area (Å²) < 4.78 is 5.54. The van der Waals surface area contributed by atoms with Gasteiger partial charge in [0.05, 0.1) is 11.6 Å². The minimum Gasteiger partial charge on any atom is -0.476 e. The summed E-state index contributed by atoms with van der Waals surface area (Å²) in [6.07, 6.45) is 3.88. The summed E-state index contributed by atoms with van der Waals surface area (Å²) in [5.41, 5.74) is 0.475. The van der Waals surface area contributed by atoms with E-state index in [1.165, 1.54) is 25.3 Å². The molecule has 1 aliphatic rings. The molecule has 0 unspecified atom stereocenters. The van der Waals surface area contributed by atoms with Crippen LogP contribution in [0.2, 0.25) is 5.15 Å². The van der Waals surface area contributed by atoms with Crippen molar-refractivity contribution in [3.63, 3.8) is 0 Å². The third-order valence-electron chi connectivity index (χ3n) is 3.01. The largest absolute Gasteiger partial charge is 0.476 e. The average Bonchev–Trinajstić information content (AvgIpc) is 2.39. The number of piperidine rings is 1. The highest BCUT2D eigenvalue weighted by molar-refractivity contribution is 6.29. The van der Waals surface area contributed by atoms with Gasteiger partial charge in [-0.25, -0.2) is 4.98 Å². The highest BCUT2D eigenvalue weighted by Crippen LogP contribution is 2.16. The lowest BCUT2D eigenvalue weighted by Gasteiger charge is -2.26. The van der Waals surface area contributed by atoms with E-state index < -0.39 is 0 Å². The average molecular weight is 266 g/mol. The summed E-state index contributed by atoms with van der Waals surface area (Å²) in [6, 6.07) is 5.17. The van der Waals surface area contributed by atoms with Crippen LogP contribution in [0.5, 0.6) is 5.88 Å². The van der Waals surface area contributed by atoms with Crippen LogP contribution in [0.25, 0.3) is 0 Å². The molecule has 1 aliphatic heterocycles. The maximum atomic E-state index is 8.82. The maximum Gasteiger partial charge on any atom is 0.216 e. The van der Waals surface area contributed by atoms with E-state index in [0.717, 1.165) is 19.6 Å². The normalized spacial score (nSPS) is 16.2. The van der Waals surface area contributed by atoms with Crippen molar-refractivity contribution in [3.8, 4) is 11.9 Å². The highest BCUT2D eigenvalue weighted by atomic mass is 35.5. The number of hydrogen-bond donors (Lipinski definition) is 0. The standard InChI is InChI=1S/C13H16ClN3O/c14-12-8-11(10-15)9-13(16-12)18-7-6-17-4-2-1-3-5-17/h8-9H,1-7H2. The van der Waals surface area contributed by atoms with Crippen LogP contribution in [0.4, 0.5) is 0 Å². The monoisotopic (exact) mass is 265 g/mol. The molecule has 0 radical (unpaired) electrons. The number of nitriles is 1. The Morgan fingerprint density at radius 3 is 2.83 bits per heavy atom. The lowest BCUT2D eigenvalue weighted by Crippen LogP contribution is -2.33. The van der Waals surface area contributed by atoms with E-state index in [1.54, 1.807) is 6.07 Å². The lowest BCUT2D eigenvalue weighted by atomic mass is 10.1. The Morgan fingerprint density at radius 2 is 2.11 bits per heavy atom. The van der Waals surface area contributed by atoms with Gasteiger partial charge in [0.25, 0.3) is 0 Å². The molecule has 2 heterocycles. The van der Waals surface area contributed by atoms with E-state index in [-0.39, 0.29) is 0 Å². The first-order valence-corrected chi connectivity index (χ1v) is 6.58. The number of likely N-dealkylation sites (tertiary alicyclic amines) is 1. The zero-order valence-corrected chi connectivity index (χ0v) is 11.0. The van der Waals surface area contributed by atoms with Crippen molar-refractivity contribution in [1.29, 1.82) is 5.26 Å². The van der Waals surface area contributed by atoms with Crippen LogP contribution >= 0.6 is 11.6 Å². The van der Waals surface area contributed by atoms with E-state index in [4.69, 9.17) is 21.6 Å². The predicted octanol–water partition coefficient (Wildman–Crippen LogP) is 2.47. The second kappa shape index (κ2) is 6.58. The van der Waals surface area contributed by atoms with Gasteiger partial charge in [-0.05, 0) is 32.0 Å². The van der Waals surface area contributed by atoms with E-state index in [0.29, 0.717) is 23.2 Å². The van der Waals surface area contributed by atoms with Crippen LogP contribution in [0.3, 0.4) is 0 Å². The fourth-order valence-electron chi connectivity index (χ4n) is 2.07. The second-order valence-electron chi connectivity index (χ2n) is 4.38. The quantitative estimate of drug-likeness (QED) is 0.785. The van der Waals surface area contributed by atoms with Gasteiger partial charge in [-0.3, -0.25) is 4.90 Å². The molecule has 0 aliphatic carbocycles. The molecular formula is C13H16ClN3O. The van der Waals surface area contributed by atoms with Crippen molar-refractivity contribution in [3.05, 3.63) is 22.8 Å². The Hall–Kier alpha value is -1.31. The van der Waals surface area contributed by atoms with Gasteiger partial charge >= 0.3 is 0 Å². The van der Waals surface area contributed by atoms with Crippen molar-refractivity contribution < 1.29 is 4.74 Å². The van der Waals surface area contributed by atoms with Gasteiger partial charge in [-0.2, -0.15) is 5.26 Å². The maximum absolute atomic E-state index is 8.82. The lowest BCUT2D eigenvalue weighted by molar-refractivity contribution is 0.180. The molecule has 96 valence electrons. The number of pyridine rings is 1. The van der Waals surface area contributed by atoms with E-state index in [1.807, 2.05) is 6.07 Å². The molecule has 0 aromatic carbocycles. The van der Waals surface area contributed by atoms with Crippen LogP contribution < -0.4 is 4.74 Å². The Morgan fingerprint density at radius 1 is 1.33 bits per heavy atom. The number of halogens is 1. The molecule has 0 N–H and O–H groups in total. The Bertz CT molecular complexity index is 438. The first-order valence-electron chi connectivity index (χ1n) is 6.21. The molecule has 1 aromatic heterocycles. The minimum absolute atomic E-state index is 0.294. The molecule has 0 atom stereocenters. The summed E-state index contributed by atoms with van der Waals surface area (Å²) in [5.74, 6) is 0.427. The molecule has 0 saturated carbocycles. The third-order valence-corrected chi connectivity index (χ3v) is 3.20. The fraction of sp³-hybridized carbons (Fsp3) is 0.538. The number of nitrogens with zero attached hydrogens (tertiary/aromatic N) is 3. The van der Waals surface area contributed by atoms with E-state index in [2.05, 4.69) is 9.88 Å². The fourth-order valence-corrected chi connectivity index (χ4v) is 2.27. The van der Waals surface area contributed by atoms with Crippen LogP contribution in [-0.2, 0) is 0 Å². The number of ether oxygens (including phenoxy) is 1. The van der Waals surface area contributed by atoms with E-state index in [9.17, 15) is 0 Å². The van der Waals surface area contributed by atoms with Gasteiger partial charge in [0, 0.05) is 12.6 Å². The van der Waals surface area contributed by atoms with Crippen molar-refractivity contribution in [2.24, 2.45) is 0 Å². The highest BCUT2D eigenvalue weighted by Gasteiger charge is 2.10. The summed E-state index contributed by atoms with van der Waals surface area (Å²) >= 11 is 5.80. The Kier molecular flexibility index (Phi) is 4.80. The molecule has 0 amide bonds. The summed E-state index contributed by atoms with van der Waals surface area (Å²) in [4.78, 5) is 6.43. The van der Waals surface area contributed by atoms with Crippen molar-refractivity contribution >= 4 is 11.6 Å². The molecule has 4 nitrogen and oxygen atoms in total. The van der Waals surface area contributed by atoms with Gasteiger partial charge in [-0.1, -0.05) is 18.0 Å². The molecular weight excluding hydrogens is 250 g/mol. The summed E-state index contributed by atoms with van der Waals surface area (Å²) in [7, 11) is 0. The molecule has 2 rings (SSSR count). The van der Waals surface area contributed by atoms with Crippen molar-refractivity contribution in [2.45, 2.75) is 19.3 Å². The zero-order valence-electron chi connectivity index (χ0n) is 10.2. The first-order chi connectivity index (χ1) is 8.78. The van der Waals surface area contributed by atoms with Gasteiger partial charge in [0.15, 0.2) is 0 Å². The Labute approximate surface area is 112 Å². The van der Waals surface area contributed by atoms with Gasteiger partial charge in [-0.15, -0.1) is 0 Å². The molecule has 18 heavy (non-hydrogen) atoms. The van der Waals surface area contributed by atoms with Crippen molar-refractivity contribution in [2.75, 3.05) is 26.2 Å². The molecule has 0 spiro atoms. The molecule has 5 heteroatoms. The SMILES string of the molecule is N#Cc1cc(Cl)nc(OCCN2CCCCC2)c1. The summed E-state index contributed by atoms with van der Waals surface area (Å²) in [6.45, 7) is 3.78. The van der Waals surface area contributed by atoms with Crippen LogP contribution in [0.15, 0.2) is 12.1 Å². The van der Waals surface area contributed by atoms with Gasteiger partial charge in [0.1, 0.15) is 11.8 Å². The van der Waals surface area contributed by atoms with Crippen LogP contribution in [0.1, 0.15) is 24.8 Å². The van der Waals surface area contributed by atoms with Crippen LogP contribution in [-0.4, -0.2) is 36.1 Å². The number of aromatic nitrogens is 1.